The Hall–Kier alpha value is -4.00. The lowest BCUT2D eigenvalue weighted by Gasteiger charge is -2.12. The van der Waals surface area contributed by atoms with Crippen LogP contribution in [-0.4, -0.2) is 24.8 Å². The number of carbonyl (C=O) groups excluding carboxylic acids is 1. The first-order valence-corrected chi connectivity index (χ1v) is 9.82. The summed E-state index contributed by atoms with van der Waals surface area (Å²) in [4.78, 5) is 12.4. The van der Waals surface area contributed by atoms with Gasteiger partial charge in [-0.1, -0.05) is 23.4 Å². The van der Waals surface area contributed by atoms with Crippen molar-refractivity contribution in [3.63, 3.8) is 0 Å². The average molecular weight is 418 g/mol. The fourth-order valence-electron chi connectivity index (χ4n) is 3.43. The SMILES string of the molecule is CCOc1cc2occ(-c3ccccc3OC)c2cc1/C(C)=C/C(=O)Nc1ccon1. The van der Waals surface area contributed by atoms with Gasteiger partial charge in [-0.2, -0.15) is 0 Å². The molecule has 2 aromatic heterocycles. The van der Waals surface area contributed by atoms with Crippen LogP contribution in [0.15, 0.2) is 70.0 Å². The Morgan fingerprint density at radius 3 is 2.74 bits per heavy atom. The Kier molecular flexibility index (Phi) is 5.75. The minimum absolute atomic E-state index is 0.314. The summed E-state index contributed by atoms with van der Waals surface area (Å²) in [6, 6.07) is 13.1. The molecule has 0 spiro atoms. The van der Waals surface area contributed by atoms with Crippen molar-refractivity contribution in [1.29, 1.82) is 0 Å². The first-order valence-electron chi connectivity index (χ1n) is 9.82. The predicted molar refractivity (Wildman–Crippen MR) is 118 cm³/mol. The number of rotatable bonds is 7. The van der Waals surface area contributed by atoms with E-state index in [2.05, 4.69) is 10.5 Å². The van der Waals surface area contributed by atoms with Crippen LogP contribution >= 0.6 is 0 Å². The number of anilines is 1. The summed E-state index contributed by atoms with van der Waals surface area (Å²) >= 11 is 0. The number of ether oxygens (including phenoxy) is 2. The molecular formula is C24H22N2O5. The standard InChI is InChI=1S/C24H22N2O5/c1-4-29-21-13-22-18(19(14-30-22)16-7-5-6-8-20(16)28-3)12-17(21)15(2)11-24(27)25-23-9-10-31-26-23/h5-14H,4H2,1-3H3,(H,25,26,27)/b15-11+. The highest BCUT2D eigenvalue weighted by Gasteiger charge is 2.17. The third-order valence-corrected chi connectivity index (χ3v) is 4.83. The second kappa shape index (κ2) is 8.79. The Labute approximate surface area is 179 Å². The van der Waals surface area contributed by atoms with Gasteiger partial charge in [-0.3, -0.25) is 4.79 Å². The summed E-state index contributed by atoms with van der Waals surface area (Å²) < 4.78 is 21.9. The number of allylic oxidation sites excluding steroid dienone is 1. The third-order valence-electron chi connectivity index (χ3n) is 4.83. The van der Waals surface area contributed by atoms with Gasteiger partial charge in [0.2, 0.25) is 5.91 Å². The van der Waals surface area contributed by atoms with E-state index in [4.69, 9.17) is 18.4 Å². The van der Waals surface area contributed by atoms with Crippen LogP contribution in [0.1, 0.15) is 19.4 Å². The summed E-state index contributed by atoms with van der Waals surface area (Å²) in [5.41, 5.74) is 4.04. The highest BCUT2D eigenvalue weighted by Crippen LogP contribution is 2.40. The van der Waals surface area contributed by atoms with Gasteiger partial charge in [-0.05, 0) is 31.6 Å². The van der Waals surface area contributed by atoms with Crippen LogP contribution in [0.2, 0.25) is 0 Å². The van der Waals surface area contributed by atoms with Crippen molar-refractivity contribution in [2.24, 2.45) is 0 Å². The van der Waals surface area contributed by atoms with Crippen molar-refractivity contribution < 1.29 is 23.2 Å². The van der Waals surface area contributed by atoms with E-state index in [-0.39, 0.29) is 5.91 Å². The summed E-state index contributed by atoms with van der Waals surface area (Å²) in [6.45, 7) is 4.25. The van der Waals surface area contributed by atoms with E-state index in [0.29, 0.717) is 23.8 Å². The van der Waals surface area contributed by atoms with Crippen molar-refractivity contribution in [3.05, 3.63) is 66.6 Å². The van der Waals surface area contributed by atoms with E-state index >= 15 is 0 Å². The molecule has 0 radical (unpaired) electrons. The maximum atomic E-state index is 12.4. The van der Waals surface area contributed by atoms with Crippen molar-refractivity contribution in [2.75, 3.05) is 19.0 Å². The van der Waals surface area contributed by atoms with Gasteiger partial charge in [0.1, 0.15) is 23.3 Å². The zero-order valence-corrected chi connectivity index (χ0v) is 17.5. The van der Waals surface area contributed by atoms with Gasteiger partial charge in [0, 0.05) is 40.3 Å². The number of furan rings is 1. The molecule has 0 bridgehead atoms. The highest BCUT2D eigenvalue weighted by atomic mass is 16.5. The minimum atomic E-state index is -0.314. The molecule has 158 valence electrons. The van der Waals surface area contributed by atoms with Crippen LogP contribution < -0.4 is 14.8 Å². The lowest BCUT2D eigenvalue weighted by atomic mass is 9.98. The zero-order chi connectivity index (χ0) is 21.8. The van der Waals surface area contributed by atoms with Crippen molar-refractivity contribution in [3.8, 4) is 22.6 Å². The fourth-order valence-corrected chi connectivity index (χ4v) is 3.43. The number of nitrogens with one attached hydrogen (secondary N) is 1. The largest absolute Gasteiger partial charge is 0.496 e. The first-order chi connectivity index (χ1) is 15.1. The lowest BCUT2D eigenvalue weighted by Crippen LogP contribution is -2.09. The minimum Gasteiger partial charge on any atom is -0.496 e. The monoisotopic (exact) mass is 418 g/mol. The molecule has 0 aliphatic rings. The number of fused-ring (bicyclic) bond motifs is 1. The Balaban J connectivity index is 1.78. The maximum absolute atomic E-state index is 12.4. The molecule has 1 N–H and O–H groups in total. The second-order valence-electron chi connectivity index (χ2n) is 6.83. The quantitative estimate of drug-likeness (QED) is 0.397. The summed E-state index contributed by atoms with van der Waals surface area (Å²) in [6.07, 6.45) is 4.60. The summed E-state index contributed by atoms with van der Waals surface area (Å²) in [5, 5.41) is 7.25. The Morgan fingerprint density at radius 2 is 2.00 bits per heavy atom. The van der Waals surface area contributed by atoms with Crippen LogP contribution in [0, 0.1) is 0 Å². The molecule has 0 fully saturated rings. The first kappa shape index (κ1) is 20.3. The van der Waals surface area contributed by atoms with E-state index in [1.54, 1.807) is 19.4 Å². The Morgan fingerprint density at radius 1 is 1.16 bits per heavy atom. The predicted octanol–water partition coefficient (Wildman–Crippen LogP) is 5.54. The third kappa shape index (κ3) is 4.16. The molecule has 7 nitrogen and oxygen atoms in total. The molecule has 0 unspecified atom stereocenters. The maximum Gasteiger partial charge on any atom is 0.249 e. The van der Waals surface area contributed by atoms with Crippen molar-refractivity contribution in [2.45, 2.75) is 13.8 Å². The normalized spacial score (nSPS) is 11.5. The summed E-state index contributed by atoms with van der Waals surface area (Å²) in [5.74, 6) is 1.42. The molecule has 2 heterocycles. The molecule has 1 amide bonds. The molecule has 0 aliphatic heterocycles. The molecule has 0 saturated heterocycles. The van der Waals surface area contributed by atoms with Crippen LogP contribution in [0.5, 0.6) is 11.5 Å². The van der Waals surface area contributed by atoms with Gasteiger partial charge >= 0.3 is 0 Å². The lowest BCUT2D eigenvalue weighted by molar-refractivity contribution is -0.111. The van der Waals surface area contributed by atoms with Gasteiger partial charge in [0.25, 0.3) is 0 Å². The number of hydrogen-bond donors (Lipinski definition) is 1. The van der Waals surface area contributed by atoms with Gasteiger partial charge in [0.15, 0.2) is 5.82 Å². The van der Waals surface area contributed by atoms with Crippen LogP contribution in [0.25, 0.3) is 27.7 Å². The summed E-state index contributed by atoms with van der Waals surface area (Å²) in [7, 11) is 1.64. The number of methoxy groups -OCH3 is 1. The number of hydrogen-bond acceptors (Lipinski definition) is 6. The molecule has 2 aromatic carbocycles. The molecule has 31 heavy (non-hydrogen) atoms. The highest BCUT2D eigenvalue weighted by molar-refractivity contribution is 6.05. The number of nitrogens with zero attached hydrogens (tertiary/aromatic N) is 1. The molecular weight excluding hydrogens is 396 g/mol. The number of aromatic nitrogens is 1. The zero-order valence-electron chi connectivity index (χ0n) is 17.5. The van der Waals surface area contributed by atoms with Gasteiger partial charge in [-0.25, -0.2) is 0 Å². The molecule has 0 aliphatic carbocycles. The molecule has 7 heteroatoms. The molecule has 4 aromatic rings. The van der Waals surface area contributed by atoms with Crippen molar-refractivity contribution >= 4 is 28.3 Å². The Bertz CT molecular complexity index is 1240. The van der Waals surface area contributed by atoms with E-state index < -0.39 is 0 Å². The molecule has 4 rings (SSSR count). The van der Waals surface area contributed by atoms with E-state index in [9.17, 15) is 4.79 Å². The van der Waals surface area contributed by atoms with Crippen LogP contribution in [-0.2, 0) is 4.79 Å². The number of para-hydroxylation sites is 1. The van der Waals surface area contributed by atoms with E-state index in [1.807, 2.05) is 50.2 Å². The van der Waals surface area contributed by atoms with E-state index in [0.717, 1.165) is 33.4 Å². The van der Waals surface area contributed by atoms with Crippen LogP contribution in [0.4, 0.5) is 5.82 Å². The number of carbonyl (C=O) groups is 1. The topological polar surface area (TPSA) is 86.7 Å². The molecule has 0 atom stereocenters. The number of benzene rings is 2. The average Bonchev–Trinajstić information content (AvgIpc) is 3.42. The van der Waals surface area contributed by atoms with Gasteiger partial charge in [-0.15, -0.1) is 0 Å². The van der Waals surface area contributed by atoms with Gasteiger partial charge < -0.3 is 23.7 Å². The van der Waals surface area contributed by atoms with E-state index in [1.165, 1.54) is 12.3 Å². The van der Waals surface area contributed by atoms with Gasteiger partial charge in [0.05, 0.1) is 20.0 Å². The van der Waals surface area contributed by atoms with Crippen LogP contribution in [0.3, 0.4) is 0 Å². The fraction of sp³-hybridized carbons (Fsp3) is 0.167. The second-order valence-corrected chi connectivity index (χ2v) is 6.83. The molecule has 0 saturated carbocycles. The smallest absolute Gasteiger partial charge is 0.249 e. The number of amides is 1. The van der Waals surface area contributed by atoms with Crippen molar-refractivity contribution in [1.82, 2.24) is 5.16 Å².